The van der Waals surface area contributed by atoms with Crippen molar-refractivity contribution < 1.29 is 37.3 Å². The van der Waals surface area contributed by atoms with Gasteiger partial charge in [-0.05, 0) is 89.5 Å². The molecule has 0 saturated carbocycles. The Labute approximate surface area is 452 Å². The molecule has 0 aromatic carbocycles. The number of phosphoric acid groups is 1. The second-order valence-electron chi connectivity index (χ2n) is 22.2. The number of quaternary nitrogens is 1. The van der Waals surface area contributed by atoms with Gasteiger partial charge < -0.3 is 19.4 Å². The molecule has 0 aromatic heterocycles. The summed E-state index contributed by atoms with van der Waals surface area (Å²) in [5.41, 5.74) is 0. The average molecular weight is 1050 g/mol. The van der Waals surface area contributed by atoms with Gasteiger partial charge in [0.25, 0.3) is 0 Å². The van der Waals surface area contributed by atoms with Crippen LogP contribution in [-0.2, 0) is 27.9 Å². The Balaban J connectivity index is 5.13. The molecule has 2 N–H and O–H groups in total. The number of esters is 1. The van der Waals surface area contributed by atoms with Crippen LogP contribution in [0.5, 0.6) is 0 Å². The summed E-state index contributed by atoms with van der Waals surface area (Å²) in [5, 5.41) is 3.05. The fourth-order valence-electron chi connectivity index (χ4n) is 8.91. The number of carbonyl (C=O) groups is 2. The molecule has 0 spiro atoms. The van der Waals surface area contributed by atoms with Gasteiger partial charge in [0.2, 0.25) is 5.91 Å². The number of hydrogen-bond acceptors (Lipinski definition) is 6. The molecule has 0 rings (SSSR count). The first-order valence-corrected chi connectivity index (χ1v) is 32.5. The van der Waals surface area contributed by atoms with E-state index in [4.69, 9.17) is 13.8 Å². The van der Waals surface area contributed by atoms with Crippen molar-refractivity contribution in [2.45, 2.75) is 303 Å². The Kier molecular flexibility index (Phi) is 51.9. The van der Waals surface area contributed by atoms with E-state index < -0.39 is 20.0 Å². The molecule has 3 atom stereocenters. The normalized spacial score (nSPS) is 14.0. The number of nitrogens with zero attached hydrogens (tertiary/aromatic N) is 1. The third-order valence-corrected chi connectivity index (χ3v) is 14.7. The highest BCUT2D eigenvalue weighted by molar-refractivity contribution is 7.47. The molecule has 0 bridgehead atoms. The fourth-order valence-corrected chi connectivity index (χ4v) is 9.64. The van der Waals surface area contributed by atoms with Crippen molar-refractivity contribution in [1.82, 2.24) is 5.32 Å². The maximum atomic E-state index is 13.5. The van der Waals surface area contributed by atoms with Crippen molar-refractivity contribution in [3.05, 3.63) is 48.6 Å². The lowest BCUT2D eigenvalue weighted by Gasteiger charge is -2.27. The first-order valence-electron chi connectivity index (χ1n) is 31.0. The maximum Gasteiger partial charge on any atom is 0.472 e. The van der Waals surface area contributed by atoms with Crippen LogP contribution < -0.4 is 5.32 Å². The molecule has 9 nitrogen and oxygen atoms in total. The van der Waals surface area contributed by atoms with E-state index in [1.54, 1.807) is 0 Å². The van der Waals surface area contributed by atoms with Gasteiger partial charge in [0, 0.05) is 12.8 Å². The third kappa shape index (κ3) is 54.6. The maximum absolute atomic E-state index is 13.5. The van der Waals surface area contributed by atoms with Gasteiger partial charge in [-0.1, -0.05) is 237 Å². The summed E-state index contributed by atoms with van der Waals surface area (Å²) in [5.74, 6) is -0.518. The third-order valence-electron chi connectivity index (χ3n) is 13.7. The largest absolute Gasteiger partial charge is 0.472 e. The van der Waals surface area contributed by atoms with Crippen molar-refractivity contribution in [1.29, 1.82) is 0 Å². The van der Waals surface area contributed by atoms with E-state index in [-0.39, 0.29) is 31.5 Å². The van der Waals surface area contributed by atoms with Crippen LogP contribution in [0, 0.1) is 0 Å². The summed E-state index contributed by atoms with van der Waals surface area (Å²) >= 11 is 0. The number of rotatable bonds is 56. The molecule has 0 aliphatic heterocycles. The lowest BCUT2D eigenvalue weighted by molar-refractivity contribution is -0.870. The topological polar surface area (TPSA) is 111 Å². The zero-order valence-corrected chi connectivity index (χ0v) is 49.8. The molecule has 0 aromatic rings. The lowest BCUT2D eigenvalue weighted by atomic mass is 10.0. The van der Waals surface area contributed by atoms with Gasteiger partial charge in [0.1, 0.15) is 19.3 Å². The quantitative estimate of drug-likeness (QED) is 0.0205. The van der Waals surface area contributed by atoms with E-state index >= 15 is 0 Å². The summed E-state index contributed by atoms with van der Waals surface area (Å²) in [6.45, 7) is 6.98. The van der Waals surface area contributed by atoms with Crippen LogP contribution in [0.2, 0.25) is 0 Å². The highest BCUT2D eigenvalue weighted by atomic mass is 31.2. The van der Waals surface area contributed by atoms with E-state index in [2.05, 4.69) is 62.5 Å². The molecule has 10 heteroatoms. The molecule has 73 heavy (non-hydrogen) atoms. The highest BCUT2D eigenvalue weighted by Gasteiger charge is 2.30. The Bertz CT molecular complexity index is 1390. The van der Waals surface area contributed by atoms with Gasteiger partial charge >= 0.3 is 13.8 Å². The summed E-state index contributed by atoms with van der Waals surface area (Å²) < 4.78 is 30.6. The molecular weight excluding hydrogens is 928 g/mol. The molecule has 0 aliphatic rings. The summed E-state index contributed by atoms with van der Waals surface area (Å²) in [6, 6.07) is -0.852. The first-order chi connectivity index (χ1) is 35.4. The zero-order chi connectivity index (χ0) is 53.6. The van der Waals surface area contributed by atoms with Crippen molar-refractivity contribution in [3.63, 3.8) is 0 Å². The minimum absolute atomic E-state index is 0.0385. The van der Waals surface area contributed by atoms with Crippen molar-refractivity contribution in [3.8, 4) is 0 Å². The standard InChI is InChI=1S/C63H119N2O7P/c1-7-10-13-16-19-22-25-27-28-29-30-31-32-33-34-35-36-38-40-43-46-49-52-55-62(66)64-60(59-71-73(68,69)70-58-57-65(4,5)6)61(54-51-48-45-42-39-24-21-18-15-12-9-3)72-63(67)56-53-50-47-44-41-37-26-23-20-17-14-11-8-2/h19,22,27-28,37,41,51,54,60-61H,7-18,20-21,23-26,29-36,38-40,42-50,52-53,55-59H2,1-6H3,(H-,64,66,68,69)/p+1/b22-19-,28-27-,41-37-,54-51-. The Hall–Kier alpha value is -2.03. The monoisotopic (exact) mass is 1050 g/mol. The van der Waals surface area contributed by atoms with Crippen LogP contribution in [0.1, 0.15) is 290 Å². The highest BCUT2D eigenvalue weighted by Crippen LogP contribution is 2.43. The van der Waals surface area contributed by atoms with E-state index in [0.717, 1.165) is 77.0 Å². The number of ether oxygens (including phenoxy) is 1. The number of phosphoric ester groups is 1. The molecule has 3 unspecified atom stereocenters. The molecule has 0 heterocycles. The summed E-state index contributed by atoms with van der Waals surface area (Å²) in [6.07, 6.45) is 65.4. The van der Waals surface area contributed by atoms with Gasteiger partial charge in [0.05, 0.1) is 33.8 Å². The number of allylic oxidation sites excluding steroid dienone is 7. The van der Waals surface area contributed by atoms with Gasteiger partial charge in [0.15, 0.2) is 0 Å². The predicted molar refractivity (Wildman–Crippen MR) is 314 cm³/mol. The van der Waals surface area contributed by atoms with E-state index in [9.17, 15) is 19.0 Å². The Morgan fingerprint density at radius 2 is 0.836 bits per heavy atom. The summed E-state index contributed by atoms with van der Waals surface area (Å²) in [4.78, 5) is 37.6. The second-order valence-corrected chi connectivity index (χ2v) is 23.7. The van der Waals surface area contributed by atoms with Crippen LogP contribution in [0.4, 0.5) is 0 Å². The van der Waals surface area contributed by atoms with Crippen LogP contribution in [0.3, 0.4) is 0 Å². The van der Waals surface area contributed by atoms with Gasteiger partial charge in [-0.25, -0.2) is 4.57 Å². The molecule has 0 aliphatic carbocycles. The van der Waals surface area contributed by atoms with Crippen molar-refractivity contribution >= 4 is 19.7 Å². The number of unbranched alkanes of at least 4 members (excludes halogenated alkanes) is 34. The molecule has 0 fully saturated rings. The van der Waals surface area contributed by atoms with Crippen LogP contribution in [0.25, 0.3) is 0 Å². The van der Waals surface area contributed by atoms with Crippen LogP contribution in [0.15, 0.2) is 48.6 Å². The van der Waals surface area contributed by atoms with Gasteiger partial charge in [-0.15, -0.1) is 0 Å². The predicted octanol–water partition coefficient (Wildman–Crippen LogP) is 18.9. The zero-order valence-electron chi connectivity index (χ0n) is 48.9. The lowest BCUT2D eigenvalue weighted by Crippen LogP contribution is -2.47. The van der Waals surface area contributed by atoms with Crippen molar-refractivity contribution in [2.75, 3.05) is 40.9 Å². The smallest absolute Gasteiger partial charge is 0.456 e. The van der Waals surface area contributed by atoms with Crippen LogP contribution >= 0.6 is 7.82 Å². The second kappa shape index (κ2) is 53.4. The minimum atomic E-state index is -4.45. The molecular formula is C63H120N2O7P+. The molecule has 428 valence electrons. The average Bonchev–Trinajstić information content (AvgIpc) is 3.35. The van der Waals surface area contributed by atoms with Gasteiger partial charge in [-0.2, -0.15) is 0 Å². The van der Waals surface area contributed by atoms with E-state index in [1.165, 1.54) is 180 Å². The van der Waals surface area contributed by atoms with Crippen molar-refractivity contribution in [2.24, 2.45) is 0 Å². The van der Waals surface area contributed by atoms with Crippen LogP contribution in [-0.4, -0.2) is 74.3 Å². The minimum Gasteiger partial charge on any atom is -0.456 e. The SMILES string of the molecule is CCCCC/C=C\C/C=C\CCCCCCCCCCCCCCCC(=O)NC(COP(=O)(O)OCC[N+](C)(C)C)C(/C=C\CCCCCCCCCCC)OC(=O)CCCCC/C=C\CCCCCCCC. The Morgan fingerprint density at radius 3 is 1.29 bits per heavy atom. The fraction of sp³-hybridized carbons (Fsp3) is 0.841. The van der Waals surface area contributed by atoms with Gasteiger partial charge in [-0.3, -0.25) is 18.6 Å². The van der Waals surface area contributed by atoms with E-state index in [0.29, 0.717) is 17.4 Å². The first kappa shape index (κ1) is 71.0. The molecule has 0 saturated heterocycles. The number of hydrogen-bond donors (Lipinski definition) is 2. The molecule has 1 amide bonds. The number of nitrogens with one attached hydrogen (secondary N) is 1. The number of carbonyl (C=O) groups excluding carboxylic acids is 2. The number of amides is 1. The molecule has 0 radical (unpaired) electrons. The Morgan fingerprint density at radius 1 is 0.479 bits per heavy atom. The summed E-state index contributed by atoms with van der Waals surface area (Å²) in [7, 11) is 1.49. The van der Waals surface area contributed by atoms with E-state index in [1.807, 2.05) is 33.3 Å². The number of likely N-dealkylation sites (N-methyl/N-ethyl adjacent to an activating group) is 1.